The molecule has 0 aliphatic carbocycles. The highest BCUT2D eigenvalue weighted by atomic mass is 35.5. The summed E-state index contributed by atoms with van der Waals surface area (Å²) in [6, 6.07) is 14.2. The summed E-state index contributed by atoms with van der Waals surface area (Å²) in [4.78, 5) is 12.7. The van der Waals surface area contributed by atoms with E-state index in [9.17, 15) is 13.2 Å². The fourth-order valence-corrected chi connectivity index (χ4v) is 4.93. The highest BCUT2D eigenvalue weighted by Crippen LogP contribution is 2.28. The molecule has 1 fully saturated rings. The van der Waals surface area contributed by atoms with Crippen LogP contribution in [0.5, 0.6) is 0 Å². The van der Waals surface area contributed by atoms with Gasteiger partial charge in [-0.25, -0.2) is 8.42 Å². The molecule has 7 heteroatoms. The Bertz CT molecular complexity index is 872. The summed E-state index contributed by atoms with van der Waals surface area (Å²) in [5.74, 6) is -0.364. The third kappa shape index (κ3) is 4.03. The van der Waals surface area contributed by atoms with E-state index in [1.54, 1.807) is 0 Å². The first kappa shape index (κ1) is 20.7. The van der Waals surface area contributed by atoms with E-state index in [1.807, 2.05) is 24.3 Å². The summed E-state index contributed by atoms with van der Waals surface area (Å²) in [5.41, 5.74) is 1.15. The number of nitrogens with one attached hydrogen (secondary N) is 2. The normalized spacial score (nSPS) is 16.7. The number of carbonyl (C=O) groups excluding carboxylic acids is 1. The molecule has 5 nitrogen and oxygen atoms in total. The van der Waals surface area contributed by atoms with E-state index in [1.165, 1.54) is 11.6 Å². The number of amides is 1. The number of benzene rings is 2. The Labute approximate surface area is 160 Å². The van der Waals surface area contributed by atoms with Crippen LogP contribution < -0.4 is 10.6 Å². The SMILES string of the molecule is CS(=O)(=O)C1(C(=O)NCCc2cccc3ccccc23)CCNCC1.Cl. The van der Waals surface area contributed by atoms with Crippen LogP contribution in [0.25, 0.3) is 10.8 Å². The molecule has 1 saturated heterocycles. The molecule has 1 heterocycles. The predicted octanol–water partition coefficient (Wildman–Crippen LogP) is 2.09. The van der Waals surface area contributed by atoms with E-state index in [0.717, 1.165) is 10.9 Å². The molecular formula is C19H25ClN2O3S. The molecule has 2 aromatic rings. The topological polar surface area (TPSA) is 75.3 Å². The van der Waals surface area contributed by atoms with Crippen molar-refractivity contribution in [1.29, 1.82) is 0 Å². The minimum absolute atomic E-state index is 0. The molecule has 2 N–H and O–H groups in total. The number of hydrogen-bond acceptors (Lipinski definition) is 4. The molecule has 0 radical (unpaired) electrons. The molecule has 0 saturated carbocycles. The largest absolute Gasteiger partial charge is 0.354 e. The van der Waals surface area contributed by atoms with Crippen LogP contribution in [0.4, 0.5) is 0 Å². The van der Waals surface area contributed by atoms with E-state index in [4.69, 9.17) is 0 Å². The second-order valence-electron chi connectivity index (χ2n) is 6.66. The van der Waals surface area contributed by atoms with Crippen LogP contribution in [0.2, 0.25) is 0 Å². The van der Waals surface area contributed by atoms with Gasteiger partial charge in [0.15, 0.2) is 14.6 Å². The number of rotatable bonds is 5. The maximum Gasteiger partial charge on any atom is 0.241 e. The van der Waals surface area contributed by atoms with Crippen molar-refractivity contribution in [2.24, 2.45) is 0 Å². The van der Waals surface area contributed by atoms with Crippen LogP contribution in [-0.4, -0.2) is 45.0 Å². The average molecular weight is 397 g/mol. The zero-order valence-electron chi connectivity index (χ0n) is 14.8. The van der Waals surface area contributed by atoms with Crippen LogP contribution in [0, 0.1) is 0 Å². The van der Waals surface area contributed by atoms with Gasteiger partial charge < -0.3 is 10.6 Å². The first-order valence-corrected chi connectivity index (χ1v) is 10.5. The van der Waals surface area contributed by atoms with Gasteiger partial charge in [-0.05, 0) is 48.7 Å². The van der Waals surface area contributed by atoms with Gasteiger partial charge in [-0.2, -0.15) is 0 Å². The van der Waals surface area contributed by atoms with Crippen LogP contribution in [-0.2, 0) is 21.1 Å². The summed E-state index contributed by atoms with van der Waals surface area (Å²) < 4.78 is 23.2. The van der Waals surface area contributed by atoms with E-state index in [-0.39, 0.29) is 18.3 Å². The van der Waals surface area contributed by atoms with Crippen molar-refractivity contribution in [2.75, 3.05) is 25.9 Å². The van der Waals surface area contributed by atoms with Gasteiger partial charge in [0.05, 0.1) is 0 Å². The van der Waals surface area contributed by atoms with Gasteiger partial charge in [-0.15, -0.1) is 12.4 Å². The van der Waals surface area contributed by atoms with Crippen molar-refractivity contribution < 1.29 is 13.2 Å². The van der Waals surface area contributed by atoms with Gasteiger partial charge in [-0.1, -0.05) is 42.5 Å². The predicted molar refractivity (Wildman–Crippen MR) is 108 cm³/mol. The minimum Gasteiger partial charge on any atom is -0.354 e. The van der Waals surface area contributed by atoms with E-state index in [2.05, 4.69) is 28.8 Å². The zero-order chi connectivity index (χ0) is 17.9. The third-order valence-corrected chi connectivity index (χ3v) is 7.11. The summed E-state index contributed by atoms with van der Waals surface area (Å²) in [5, 5.41) is 8.32. The molecule has 0 atom stereocenters. The van der Waals surface area contributed by atoms with Gasteiger partial charge in [0, 0.05) is 12.8 Å². The Morgan fingerprint density at radius 2 is 1.77 bits per heavy atom. The maximum absolute atomic E-state index is 12.7. The van der Waals surface area contributed by atoms with Gasteiger partial charge in [0.2, 0.25) is 5.91 Å². The van der Waals surface area contributed by atoms with Crippen molar-refractivity contribution in [2.45, 2.75) is 24.0 Å². The van der Waals surface area contributed by atoms with Gasteiger partial charge in [-0.3, -0.25) is 4.79 Å². The summed E-state index contributed by atoms with van der Waals surface area (Å²) >= 11 is 0. The standard InChI is InChI=1S/C19H24N2O3S.ClH/c1-25(23,24)19(10-13-20-14-11-19)18(22)21-12-9-16-7-4-6-15-5-2-3-8-17(15)16;/h2-8,20H,9-14H2,1H3,(H,21,22);1H. The van der Waals surface area contributed by atoms with E-state index in [0.29, 0.717) is 38.9 Å². The first-order valence-electron chi connectivity index (χ1n) is 8.59. The highest BCUT2D eigenvalue weighted by molar-refractivity contribution is 7.92. The van der Waals surface area contributed by atoms with Gasteiger partial charge in [0.1, 0.15) is 0 Å². The highest BCUT2D eigenvalue weighted by Gasteiger charge is 2.48. The Hall–Kier alpha value is -1.63. The first-order chi connectivity index (χ1) is 11.9. The second kappa shape index (κ2) is 8.37. The molecule has 1 aliphatic rings. The van der Waals surface area contributed by atoms with Gasteiger partial charge in [0.25, 0.3) is 0 Å². The molecule has 0 aromatic heterocycles. The van der Waals surface area contributed by atoms with Crippen LogP contribution in [0.3, 0.4) is 0 Å². The number of carbonyl (C=O) groups is 1. The van der Waals surface area contributed by atoms with E-state index < -0.39 is 14.6 Å². The van der Waals surface area contributed by atoms with Crippen LogP contribution >= 0.6 is 12.4 Å². The van der Waals surface area contributed by atoms with Crippen molar-refractivity contribution in [1.82, 2.24) is 10.6 Å². The molecular weight excluding hydrogens is 372 g/mol. The molecule has 0 unspecified atom stereocenters. The van der Waals surface area contributed by atoms with Crippen LogP contribution in [0.1, 0.15) is 18.4 Å². The molecule has 26 heavy (non-hydrogen) atoms. The molecule has 1 aliphatic heterocycles. The number of piperidine rings is 1. The molecule has 1 amide bonds. The fraction of sp³-hybridized carbons (Fsp3) is 0.421. The molecule has 142 valence electrons. The van der Waals surface area contributed by atoms with Gasteiger partial charge >= 0.3 is 0 Å². The second-order valence-corrected chi connectivity index (χ2v) is 8.99. The van der Waals surface area contributed by atoms with Crippen LogP contribution in [0.15, 0.2) is 42.5 Å². The van der Waals surface area contributed by atoms with Crippen molar-refractivity contribution in [3.63, 3.8) is 0 Å². The zero-order valence-corrected chi connectivity index (χ0v) is 16.5. The molecule has 3 rings (SSSR count). The Kier molecular flexibility index (Phi) is 6.66. The third-order valence-electron chi connectivity index (χ3n) is 5.09. The molecule has 0 spiro atoms. The van der Waals surface area contributed by atoms with Crippen molar-refractivity contribution >= 4 is 38.9 Å². The number of hydrogen-bond donors (Lipinski definition) is 2. The van der Waals surface area contributed by atoms with E-state index >= 15 is 0 Å². The lowest BCUT2D eigenvalue weighted by Gasteiger charge is -2.34. The smallest absolute Gasteiger partial charge is 0.241 e. The summed E-state index contributed by atoms with van der Waals surface area (Å²) in [6.07, 6.45) is 2.49. The quantitative estimate of drug-likeness (QED) is 0.811. The lowest BCUT2D eigenvalue weighted by molar-refractivity contribution is -0.124. The molecule has 0 bridgehead atoms. The minimum atomic E-state index is -3.47. The lowest BCUT2D eigenvalue weighted by Crippen LogP contribution is -2.57. The summed E-state index contributed by atoms with van der Waals surface area (Å²) in [7, 11) is -3.47. The number of halogens is 1. The number of fused-ring (bicyclic) bond motifs is 1. The maximum atomic E-state index is 12.7. The monoisotopic (exact) mass is 396 g/mol. The Morgan fingerprint density at radius 3 is 2.46 bits per heavy atom. The lowest BCUT2D eigenvalue weighted by atomic mass is 9.95. The Morgan fingerprint density at radius 1 is 1.12 bits per heavy atom. The van der Waals surface area contributed by atoms with Crippen molar-refractivity contribution in [3.05, 3.63) is 48.0 Å². The summed E-state index contributed by atoms with van der Waals surface area (Å²) in [6.45, 7) is 1.52. The molecule has 2 aromatic carbocycles. The Balaban J connectivity index is 0.00000243. The average Bonchev–Trinajstić information content (AvgIpc) is 2.61. The van der Waals surface area contributed by atoms with Crippen molar-refractivity contribution in [3.8, 4) is 0 Å². The fourth-order valence-electron chi connectivity index (χ4n) is 3.58. The number of sulfone groups is 1.